The number of nitrogens with zero attached hydrogens (tertiary/aromatic N) is 2. The van der Waals surface area contributed by atoms with Crippen molar-refractivity contribution in [1.29, 1.82) is 0 Å². The van der Waals surface area contributed by atoms with Crippen LogP contribution in [0.4, 0.5) is 0 Å². The van der Waals surface area contributed by atoms with Gasteiger partial charge in [0.05, 0.1) is 12.2 Å². The average Bonchev–Trinajstić information content (AvgIpc) is 2.49. The number of aryl methyl sites for hydroxylation is 1. The minimum Gasteiger partial charge on any atom is -0.360 e. The normalized spacial score (nSPS) is 10.5. The topological polar surface area (TPSA) is 28.2 Å². The number of aromatic nitrogens is 1. The van der Waals surface area contributed by atoms with Crippen molar-refractivity contribution < 1.29 is 0 Å². The highest BCUT2D eigenvalue weighted by Crippen LogP contribution is 2.10. The average molecular weight is 313 g/mol. The fourth-order valence-electron chi connectivity index (χ4n) is 2.14. The molecule has 1 N–H and O–H groups in total. The van der Waals surface area contributed by atoms with Gasteiger partial charge in [-0.25, -0.2) is 0 Å². The molecule has 2 rings (SSSR count). The number of rotatable bonds is 5. The molecule has 0 saturated carbocycles. The Morgan fingerprint density at radius 3 is 2.45 bits per heavy atom. The lowest BCUT2D eigenvalue weighted by molar-refractivity contribution is 0.390. The van der Waals surface area contributed by atoms with Crippen LogP contribution in [-0.4, -0.2) is 21.0 Å². The van der Waals surface area contributed by atoms with Crippen LogP contribution in [0.25, 0.3) is 0 Å². The molecule has 0 fully saturated rings. The predicted molar refractivity (Wildman–Crippen MR) is 95.5 cm³/mol. The molecule has 0 radical (unpaired) electrons. The van der Waals surface area contributed by atoms with Gasteiger partial charge < -0.3 is 10.2 Å². The molecule has 0 bridgehead atoms. The maximum absolute atomic E-state index is 5.56. The van der Waals surface area contributed by atoms with Gasteiger partial charge in [-0.05, 0) is 50.7 Å². The second kappa shape index (κ2) is 7.90. The van der Waals surface area contributed by atoms with Gasteiger partial charge in [0.25, 0.3) is 0 Å². The van der Waals surface area contributed by atoms with Crippen molar-refractivity contribution in [2.45, 2.75) is 39.9 Å². The maximum Gasteiger partial charge on any atom is 0.169 e. The van der Waals surface area contributed by atoms with Gasteiger partial charge in [-0.1, -0.05) is 35.9 Å². The van der Waals surface area contributed by atoms with Crippen molar-refractivity contribution in [2.75, 3.05) is 0 Å². The monoisotopic (exact) mass is 313 g/mol. The zero-order valence-corrected chi connectivity index (χ0v) is 14.2. The number of thiocarbonyl (C=S) groups is 1. The molecule has 4 heteroatoms. The summed E-state index contributed by atoms with van der Waals surface area (Å²) in [6.45, 7) is 7.76. The summed E-state index contributed by atoms with van der Waals surface area (Å²) in [6.07, 6.45) is 1.82. The van der Waals surface area contributed by atoms with E-state index in [1.807, 2.05) is 24.4 Å². The SMILES string of the molecule is Cc1ccc(CN(Cc2ccccn2)C(=S)NC(C)C)cc1. The van der Waals surface area contributed by atoms with Gasteiger partial charge in [-0.3, -0.25) is 4.98 Å². The molecule has 0 saturated heterocycles. The molecule has 0 aliphatic heterocycles. The second-order valence-corrected chi connectivity index (χ2v) is 6.15. The number of hydrogen-bond donors (Lipinski definition) is 1. The van der Waals surface area contributed by atoms with E-state index in [1.54, 1.807) is 0 Å². The quantitative estimate of drug-likeness (QED) is 0.853. The highest BCUT2D eigenvalue weighted by atomic mass is 32.1. The van der Waals surface area contributed by atoms with Crippen molar-refractivity contribution in [2.24, 2.45) is 0 Å². The summed E-state index contributed by atoms with van der Waals surface area (Å²) in [7, 11) is 0. The molecular weight excluding hydrogens is 290 g/mol. The first-order valence-corrected chi connectivity index (χ1v) is 7.96. The van der Waals surface area contributed by atoms with Crippen molar-refractivity contribution in [3.63, 3.8) is 0 Å². The Labute approximate surface area is 138 Å². The van der Waals surface area contributed by atoms with E-state index in [0.29, 0.717) is 12.6 Å². The molecule has 3 nitrogen and oxygen atoms in total. The molecule has 2 aromatic rings. The van der Waals surface area contributed by atoms with Crippen molar-refractivity contribution in [3.8, 4) is 0 Å². The Bertz CT molecular complexity index is 593. The minimum absolute atomic E-state index is 0.316. The fourth-order valence-corrected chi connectivity index (χ4v) is 2.50. The standard InChI is InChI=1S/C18H23N3S/c1-14(2)20-18(22)21(13-17-6-4-5-11-19-17)12-16-9-7-15(3)8-10-16/h4-11,14H,12-13H2,1-3H3,(H,20,22). The third-order valence-corrected chi connectivity index (χ3v) is 3.65. The van der Waals surface area contributed by atoms with Crippen LogP contribution in [0.1, 0.15) is 30.7 Å². The summed E-state index contributed by atoms with van der Waals surface area (Å²) < 4.78 is 0. The van der Waals surface area contributed by atoms with Crippen LogP contribution >= 0.6 is 12.2 Å². The summed E-state index contributed by atoms with van der Waals surface area (Å²) in [5.74, 6) is 0. The lowest BCUT2D eigenvalue weighted by atomic mass is 10.1. The molecule has 1 aromatic heterocycles. The Kier molecular flexibility index (Phi) is 5.90. The van der Waals surface area contributed by atoms with Gasteiger partial charge in [0.15, 0.2) is 5.11 Å². The van der Waals surface area contributed by atoms with Crippen molar-refractivity contribution >= 4 is 17.3 Å². The van der Waals surface area contributed by atoms with E-state index >= 15 is 0 Å². The van der Waals surface area contributed by atoms with E-state index in [0.717, 1.165) is 17.4 Å². The Morgan fingerprint density at radius 2 is 1.86 bits per heavy atom. The van der Waals surface area contributed by atoms with Gasteiger partial charge >= 0.3 is 0 Å². The van der Waals surface area contributed by atoms with Crippen LogP contribution < -0.4 is 5.32 Å². The minimum atomic E-state index is 0.316. The van der Waals surface area contributed by atoms with Crippen molar-refractivity contribution in [3.05, 3.63) is 65.5 Å². The van der Waals surface area contributed by atoms with E-state index in [1.165, 1.54) is 11.1 Å². The molecular formula is C18H23N3S. The Hall–Kier alpha value is -1.94. The second-order valence-electron chi connectivity index (χ2n) is 5.77. The molecule has 0 atom stereocenters. The first kappa shape index (κ1) is 16.4. The van der Waals surface area contributed by atoms with E-state index < -0.39 is 0 Å². The van der Waals surface area contributed by atoms with Gasteiger partial charge in [0.1, 0.15) is 0 Å². The number of pyridine rings is 1. The Morgan fingerprint density at radius 1 is 1.14 bits per heavy atom. The maximum atomic E-state index is 5.56. The van der Waals surface area contributed by atoms with Gasteiger partial charge in [-0.2, -0.15) is 0 Å². The van der Waals surface area contributed by atoms with Gasteiger partial charge in [0.2, 0.25) is 0 Å². The summed E-state index contributed by atoms with van der Waals surface area (Å²) in [5, 5.41) is 4.09. The van der Waals surface area contributed by atoms with E-state index in [4.69, 9.17) is 12.2 Å². The Balaban J connectivity index is 2.13. The molecule has 0 aliphatic carbocycles. The van der Waals surface area contributed by atoms with Crippen LogP contribution in [0, 0.1) is 6.92 Å². The third-order valence-electron chi connectivity index (χ3n) is 3.27. The summed E-state index contributed by atoms with van der Waals surface area (Å²) in [4.78, 5) is 6.56. The summed E-state index contributed by atoms with van der Waals surface area (Å²) >= 11 is 5.56. The number of hydrogen-bond acceptors (Lipinski definition) is 2. The first-order chi connectivity index (χ1) is 10.5. The highest BCUT2D eigenvalue weighted by Gasteiger charge is 2.12. The van der Waals surface area contributed by atoms with Crippen LogP contribution in [-0.2, 0) is 13.1 Å². The number of nitrogens with one attached hydrogen (secondary N) is 1. The zero-order valence-electron chi connectivity index (χ0n) is 13.4. The highest BCUT2D eigenvalue weighted by molar-refractivity contribution is 7.80. The fraction of sp³-hybridized carbons (Fsp3) is 0.333. The molecule has 1 aromatic carbocycles. The lowest BCUT2D eigenvalue weighted by Gasteiger charge is -2.27. The summed E-state index contributed by atoms with van der Waals surface area (Å²) in [6, 6.07) is 14.8. The number of benzene rings is 1. The predicted octanol–water partition coefficient (Wildman–Crippen LogP) is 3.68. The molecule has 0 amide bonds. The largest absolute Gasteiger partial charge is 0.360 e. The molecule has 0 unspecified atom stereocenters. The van der Waals surface area contributed by atoms with Crippen LogP contribution in [0.15, 0.2) is 48.7 Å². The lowest BCUT2D eigenvalue weighted by Crippen LogP contribution is -2.42. The molecule has 116 valence electrons. The molecule has 0 aliphatic rings. The molecule has 0 spiro atoms. The van der Waals surface area contributed by atoms with Crippen LogP contribution in [0.5, 0.6) is 0 Å². The third kappa shape index (κ3) is 5.11. The van der Waals surface area contributed by atoms with E-state index in [9.17, 15) is 0 Å². The first-order valence-electron chi connectivity index (χ1n) is 7.55. The van der Waals surface area contributed by atoms with Crippen LogP contribution in [0.3, 0.4) is 0 Å². The zero-order chi connectivity index (χ0) is 15.9. The van der Waals surface area contributed by atoms with Gasteiger partial charge in [-0.15, -0.1) is 0 Å². The van der Waals surface area contributed by atoms with E-state index in [-0.39, 0.29) is 0 Å². The summed E-state index contributed by atoms with van der Waals surface area (Å²) in [5.41, 5.74) is 3.53. The van der Waals surface area contributed by atoms with Crippen molar-refractivity contribution in [1.82, 2.24) is 15.2 Å². The van der Waals surface area contributed by atoms with E-state index in [2.05, 4.69) is 60.2 Å². The molecule has 22 heavy (non-hydrogen) atoms. The van der Waals surface area contributed by atoms with Crippen LogP contribution in [0.2, 0.25) is 0 Å². The smallest absolute Gasteiger partial charge is 0.169 e. The molecule has 1 heterocycles. The van der Waals surface area contributed by atoms with Gasteiger partial charge in [0, 0.05) is 18.8 Å².